The lowest BCUT2D eigenvalue weighted by Gasteiger charge is -2.31. The number of ether oxygens (including phenoxy) is 4. The molecule has 2 aromatic carbocycles. The molecule has 2 fully saturated rings. The number of hydrogen-bond donors (Lipinski definition) is 4. The van der Waals surface area contributed by atoms with Crippen molar-refractivity contribution < 1.29 is 38.1 Å². The number of likely N-dealkylation sites (tertiary alicyclic amines) is 2. The second-order valence-electron chi connectivity index (χ2n) is 15.5. The van der Waals surface area contributed by atoms with Crippen molar-refractivity contribution in [3.63, 3.8) is 0 Å². The van der Waals surface area contributed by atoms with Crippen LogP contribution in [0.3, 0.4) is 0 Å². The minimum Gasteiger partial charge on any atom is -0.453 e. The Morgan fingerprint density at radius 1 is 0.661 bits per heavy atom. The number of nitrogens with zero attached hydrogens (tertiary/aromatic N) is 3. The van der Waals surface area contributed by atoms with Gasteiger partial charge in [-0.3, -0.25) is 9.59 Å². The van der Waals surface area contributed by atoms with E-state index in [0.29, 0.717) is 18.9 Å². The highest BCUT2D eigenvalue weighted by Gasteiger charge is 2.41. The minimum atomic E-state index is -0.895. The quantitative estimate of drug-likeness (QED) is 0.125. The van der Waals surface area contributed by atoms with E-state index in [1.807, 2.05) is 4.90 Å². The van der Waals surface area contributed by atoms with Crippen molar-refractivity contribution in [2.24, 2.45) is 0 Å². The molecule has 7 rings (SSSR count). The SMILES string of the molecule is COC(=O)NC(C(=O)N1CCC[C@@H]1c1[nH]c(-c2ccc(-c3ccc(-c4cnc([C@@H]5CCCN5C(=O)[C@@H](NC(=O)OC)[C@@H](C)OC)[nH]4)cc3)cc2)c2c1CCC2)[C@@H](C)OC. The molecule has 15 nitrogen and oxygen atoms in total. The molecule has 0 saturated carbocycles. The summed E-state index contributed by atoms with van der Waals surface area (Å²) >= 11 is 0. The molecule has 3 aliphatic rings. The number of imidazole rings is 1. The summed E-state index contributed by atoms with van der Waals surface area (Å²) in [6.07, 6.45) is 5.61. The molecule has 314 valence electrons. The number of aromatic nitrogens is 3. The molecule has 2 saturated heterocycles. The predicted molar refractivity (Wildman–Crippen MR) is 220 cm³/mol. The van der Waals surface area contributed by atoms with E-state index in [1.54, 1.807) is 24.9 Å². The fourth-order valence-electron chi connectivity index (χ4n) is 8.86. The lowest BCUT2D eigenvalue weighted by Crippen LogP contribution is -2.54. The Balaban J connectivity index is 1.05. The van der Waals surface area contributed by atoms with Crippen LogP contribution in [-0.2, 0) is 41.4 Å². The van der Waals surface area contributed by atoms with Gasteiger partial charge in [0, 0.05) is 38.7 Å². The summed E-state index contributed by atoms with van der Waals surface area (Å²) in [7, 11) is 5.57. The number of amides is 4. The lowest BCUT2D eigenvalue weighted by atomic mass is 9.99. The molecule has 15 heteroatoms. The molecule has 59 heavy (non-hydrogen) atoms. The van der Waals surface area contributed by atoms with Crippen LogP contribution < -0.4 is 10.6 Å². The summed E-state index contributed by atoms with van der Waals surface area (Å²) in [5.74, 6) is 0.272. The monoisotopic (exact) mass is 809 g/mol. The Morgan fingerprint density at radius 2 is 1.15 bits per heavy atom. The van der Waals surface area contributed by atoms with Crippen LogP contribution in [0.15, 0.2) is 54.7 Å². The standard InChI is InChI=1S/C44H55N7O8/c1-25(56-3)36(48-43(54)58-5)41(52)50-22-8-12-34(50)39-32-11-7-10-31(32)38(47-39)30-20-16-28(17-21-30)27-14-18-29(19-15-27)33-24-45-40(46-33)35-13-9-23-51(35)42(53)37(26(2)57-4)49-44(55)59-6/h14-21,24-26,34-37,47H,7-13,22-23H2,1-6H3,(H,45,46)(H,48,54)(H,49,55)/t25-,26-,34-,35+,36?,37+/m1/s1. The first-order chi connectivity index (χ1) is 28.6. The Labute approximate surface area is 344 Å². The molecular formula is C44H55N7O8. The fraction of sp³-hybridized carbons (Fsp3) is 0.477. The van der Waals surface area contributed by atoms with E-state index in [0.717, 1.165) is 84.3 Å². The van der Waals surface area contributed by atoms with Gasteiger partial charge in [-0.05, 0) is 92.2 Å². The average molecular weight is 810 g/mol. The number of aromatic amines is 2. The highest BCUT2D eigenvalue weighted by Crippen LogP contribution is 2.42. The Morgan fingerprint density at radius 3 is 1.69 bits per heavy atom. The zero-order valence-electron chi connectivity index (χ0n) is 34.6. The first kappa shape index (κ1) is 41.5. The third-order valence-electron chi connectivity index (χ3n) is 12.3. The molecule has 2 aromatic heterocycles. The van der Waals surface area contributed by atoms with Crippen LogP contribution in [0.2, 0.25) is 0 Å². The number of nitrogens with one attached hydrogen (secondary N) is 4. The molecule has 0 radical (unpaired) electrons. The second-order valence-corrected chi connectivity index (χ2v) is 15.5. The molecule has 4 N–H and O–H groups in total. The molecule has 6 atom stereocenters. The van der Waals surface area contributed by atoms with Crippen LogP contribution in [0.25, 0.3) is 33.6 Å². The predicted octanol–water partition coefficient (Wildman–Crippen LogP) is 6.07. The Bertz CT molecular complexity index is 2130. The van der Waals surface area contributed by atoms with Crippen molar-refractivity contribution in [3.8, 4) is 33.6 Å². The fourth-order valence-corrected chi connectivity index (χ4v) is 8.86. The van der Waals surface area contributed by atoms with Gasteiger partial charge in [0.25, 0.3) is 0 Å². The van der Waals surface area contributed by atoms with Gasteiger partial charge in [0.2, 0.25) is 11.8 Å². The minimum absolute atomic E-state index is 0.121. The molecule has 4 aromatic rings. The summed E-state index contributed by atoms with van der Waals surface area (Å²) in [5.41, 5.74) is 9.87. The zero-order chi connectivity index (χ0) is 41.8. The van der Waals surface area contributed by atoms with Gasteiger partial charge in [0.15, 0.2) is 0 Å². The van der Waals surface area contributed by atoms with Crippen molar-refractivity contribution in [3.05, 3.63) is 77.4 Å². The molecule has 0 bridgehead atoms. The van der Waals surface area contributed by atoms with E-state index < -0.39 is 36.5 Å². The largest absolute Gasteiger partial charge is 0.453 e. The Kier molecular flexibility index (Phi) is 12.7. The maximum atomic E-state index is 13.9. The summed E-state index contributed by atoms with van der Waals surface area (Å²) in [6.45, 7) is 4.66. The number of methoxy groups -OCH3 is 4. The van der Waals surface area contributed by atoms with Gasteiger partial charge in [-0.15, -0.1) is 0 Å². The topological polar surface area (TPSA) is 180 Å². The average Bonchev–Trinajstić information content (AvgIpc) is 4.12. The maximum absolute atomic E-state index is 13.9. The molecule has 2 aliphatic heterocycles. The smallest absolute Gasteiger partial charge is 0.407 e. The second kappa shape index (κ2) is 18.1. The molecular weight excluding hydrogens is 755 g/mol. The van der Waals surface area contributed by atoms with Gasteiger partial charge in [-0.25, -0.2) is 14.6 Å². The van der Waals surface area contributed by atoms with E-state index >= 15 is 0 Å². The van der Waals surface area contributed by atoms with Gasteiger partial charge in [-0.1, -0.05) is 48.5 Å². The van der Waals surface area contributed by atoms with Crippen molar-refractivity contribution >= 4 is 24.0 Å². The number of rotatable bonds is 13. The third-order valence-corrected chi connectivity index (χ3v) is 12.3. The zero-order valence-corrected chi connectivity index (χ0v) is 34.6. The van der Waals surface area contributed by atoms with Crippen molar-refractivity contribution in [2.45, 2.75) is 95.2 Å². The number of benzene rings is 2. The van der Waals surface area contributed by atoms with E-state index in [9.17, 15) is 19.2 Å². The van der Waals surface area contributed by atoms with E-state index in [4.69, 9.17) is 18.9 Å². The molecule has 0 spiro atoms. The van der Waals surface area contributed by atoms with Crippen LogP contribution in [0.4, 0.5) is 9.59 Å². The van der Waals surface area contributed by atoms with Crippen LogP contribution >= 0.6 is 0 Å². The van der Waals surface area contributed by atoms with Crippen molar-refractivity contribution in [1.82, 2.24) is 35.4 Å². The first-order valence-electron chi connectivity index (χ1n) is 20.4. The lowest BCUT2D eigenvalue weighted by molar-refractivity contribution is -0.138. The number of carbonyl (C=O) groups excluding carboxylic acids is 4. The molecule has 1 aliphatic carbocycles. The Hall–Kier alpha value is -5.67. The summed E-state index contributed by atoms with van der Waals surface area (Å²) in [6, 6.07) is 14.7. The number of alkyl carbamates (subject to hydrolysis) is 2. The maximum Gasteiger partial charge on any atom is 0.407 e. The van der Waals surface area contributed by atoms with E-state index in [-0.39, 0.29) is 23.9 Å². The van der Waals surface area contributed by atoms with Crippen molar-refractivity contribution in [2.75, 3.05) is 41.5 Å². The van der Waals surface area contributed by atoms with Gasteiger partial charge < -0.3 is 49.3 Å². The molecule has 1 unspecified atom stereocenters. The van der Waals surface area contributed by atoms with Gasteiger partial charge in [-0.2, -0.15) is 0 Å². The van der Waals surface area contributed by atoms with Crippen LogP contribution in [0, 0.1) is 0 Å². The van der Waals surface area contributed by atoms with E-state index in [1.165, 1.54) is 39.6 Å². The number of carbonyl (C=O) groups is 4. The van der Waals surface area contributed by atoms with E-state index in [2.05, 4.69) is 74.1 Å². The summed E-state index contributed by atoms with van der Waals surface area (Å²) in [5, 5.41) is 5.32. The molecule has 4 amide bonds. The summed E-state index contributed by atoms with van der Waals surface area (Å²) in [4.78, 5) is 67.3. The van der Waals surface area contributed by atoms with Crippen LogP contribution in [0.1, 0.15) is 80.7 Å². The first-order valence-corrected chi connectivity index (χ1v) is 20.4. The highest BCUT2D eigenvalue weighted by molar-refractivity contribution is 5.88. The van der Waals surface area contributed by atoms with Crippen LogP contribution in [-0.4, -0.2) is 115 Å². The highest BCUT2D eigenvalue weighted by atomic mass is 16.5. The number of H-pyrrole nitrogens is 2. The summed E-state index contributed by atoms with van der Waals surface area (Å²) < 4.78 is 20.5. The normalized spacial score (nSPS) is 19.5. The molecule has 4 heterocycles. The number of hydrogen-bond acceptors (Lipinski definition) is 9. The third kappa shape index (κ3) is 8.44. The van der Waals surface area contributed by atoms with Gasteiger partial charge in [0.1, 0.15) is 17.9 Å². The van der Waals surface area contributed by atoms with Crippen molar-refractivity contribution in [1.29, 1.82) is 0 Å². The van der Waals surface area contributed by atoms with Gasteiger partial charge >= 0.3 is 12.2 Å². The number of fused-ring (bicyclic) bond motifs is 1. The van der Waals surface area contributed by atoms with Crippen LogP contribution in [0.5, 0.6) is 0 Å². The van der Waals surface area contributed by atoms with Gasteiger partial charge in [0.05, 0.1) is 50.4 Å².